The van der Waals surface area contributed by atoms with E-state index in [0.717, 1.165) is 0 Å². The van der Waals surface area contributed by atoms with E-state index < -0.39 is 4.92 Å². The summed E-state index contributed by atoms with van der Waals surface area (Å²) in [7, 11) is 0. The maximum Gasteiger partial charge on any atom is 0.312 e. The molecule has 0 aliphatic rings. The molecule has 0 fully saturated rings. The number of nitrogens with zero attached hydrogens (tertiary/aromatic N) is 4. The number of hydrogen-bond donors (Lipinski definition) is 1. The van der Waals surface area contributed by atoms with E-state index in [1.54, 1.807) is 12.5 Å². The predicted molar refractivity (Wildman–Crippen MR) is 71.2 cm³/mol. The predicted octanol–water partition coefficient (Wildman–Crippen LogP) is 2.34. The fourth-order valence-electron chi connectivity index (χ4n) is 1.67. The van der Waals surface area contributed by atoms with E-state index in [2.05, 4.69) is 15.3 Å². The molecule has 19 heavy (non-hydrogen) atoms. The monoisotopic (exact) mass is 281 g/mol. The lowest BCUT2D eigenvalue weighted by atomic mass is 10.3. The first kappa shape index (κ1) is 13.3. The van der Waals surface area contributed by atoms with Gasteiger partial charge in [-0.15, -0.1) is 0 Å². The number of pyridine rings is 1. The zero-order valence-electron chi connectivity index (χ0n) is 10.2. The van der Waals surface area contributed by atoms with Crippen molar-refractivity contribution in [2.45, 2.75) is 19.5 Å². The largest absolute Gasteiger partial charge is 0.360 e. The first-order valence-corrected chi connectivity index (χ1v) is 5.96. The molecule has 2 aromatic rings. The molecule has 1 unspecified atom stereocenters. The molecule has 0 aromatic carbocycles. The summed E-state index contributed by atoms with van der Waals surface area (Å²) in [5, 5.41) is 14.2. The third-order valence-corrected chi connectivity index (χ3v) is 2.66. The third-order valence-electron chi connectivity index (χ3n) is 2.46. The van der Waals surface area contributed by atoms with Crippen molar-refractivity contribution in [1.82, 2.24) is 14.5 Å². The number of imidazole rings is 1. The van der Waals surface area contributed by atoms with Crippen LogP contribution in [-0.2, 0) is 6.54 Å². The summed E-state index contributed by atoms with van der Waals surface area (Å²) in [4.78, 5) is 18.3. The molecule has 0 aliphatic carbocycles. The molecule has 2 aromatic heterocycles. The number of nitro groups is 1. The lowest BCUT2D eigenvalue weighted by Crippen LogP contribution is -2.22. The number of anilines is 1. The Morgan fingerprint density at radius 2 is 2.42 bits per heavy atom. The van der Waals surface area contributed by atoms with Gasteiger partial charge >= 0.3 is 5.69 Å². The summed E-state index contributed by atoms with van der Waals surface area (Å²) in [6.07, 6.45) is 6.56. The molecular formula is C11H12ClN5O2. The maximum absolute atomic E-state index is 10.9. The third kappa shape index (κ3) is 3.41. The zero-order chi connectivity index (χ0) is 13.8. The van der Waals surface area contributed by atoms with Gasteiger partial charge in [0, 0.05) is 37.2 Å². The molecule has 1 atom stereocenters. The van der Waals surface area contributed by atoms with E-state index in [4.69, 9.17) is 11.6 Å². The van der Waals surface area contributed by atoms with Crippen LogP contribution < -0.4 is 5.32 Å². The van der Waals surface area contributed by atoms with Gasteiger partial charge in [-0.05, 0) is 6.92 Å². The Bertz CT molecular complexity index is 572. The highest BCUT2D eigenvalue weighted by atomic mass is 35.5. The Morgan fingerprint density at radius 3 is 3.05 bits per heavy atom. The molecule has 0 saturated heterocycles. The minimum Gasteiger partial charge on any atom is -0.360 e. The van der Waals surface area contributed by atoms with Crippen LogP contribution in [0.4, 0.5) is 11.5 Å². The fraction of sp³-hybridized carbons (Fsp3) is 0.273. The van der Waals surface area contributed by atoms with Crippen LogP contribution in [-0.4, -0.2) is 25.5 Å². The second-order valence-electron chi connectivity index (χ2n) is 4.08. The highest BCUT2D eigenvalue weighted by Crippen LogP contribution is 2.25. The second-order valence-corrected chi connectivity index (χ2v) is 4.52. The summed E-state index contributed by atoms with van der Waals surface area (Å²) in [5.41, 5.74) is -0.134. The van der Waals surface area contributed by atoms with Crippen molar-refractivity contribution >= 4 is 23.1 Å². The van der Waals surface area contributed by atoms with Gasteiger partial charge < -0.3 is 9.88 Å². The number of halogens is 1. The molecular weight excluding hydrogens is 270 g/mol. The van der Waals surface area contributed by atoms with E-state index >= 15 is 0 Å². The van der Waals surface area contributed by atoms with Crippen LogP contribution in [0.2, 0.25) is 5.02 Å². The number of nitrogens with one attached hydrogen (secondary N) is 1. The molecule has 0 saturated carbocycles. The smallest absolute Gasteiger partial charge is 0.312 e. The molecule has 0 radical (unpaired) electrons. The van der Waals surface area contributed by atoms with Crippen molar-refractivity contribution in [3.8, 4) is 0 Å². The molecule has 7 nitrogen and oxygen atoms in total. The fourth-order valence-corrected chi connectivity index (χ4v) is 1.82. The highest BCUT2D eigenvalue weighted by molar-refractivity contribution is 6.30. The van der Waals surface area contributed by atoms with Gasteiger partial charge in [-0.25, -0.2) is 9.97 Å². The average Bonchev–Trinajstić information content (AvgIpc) is 2.83. The number of hydrogen-bond acceptors (Lipinski definition) is 5. The summed E-state index contributed by atoms with van der Waals surface area (Å²) in [5.74, 6) is 0.210. The Labute approximate surface area is 114 Å². The number of rotatable bonds is 5. The lowest BCUT2D eigenvalue weighted by molar-refractivity contribution is -0.384. The van der Waals surface area contributed by atoms with Gasteiger partial charge in [-0.2, -0.15) is 0 Å². The average molecular weight is 282 g/mol. The molecule has 2 rings (SSSR count). The van der Waals surface area contributed by atoms with Crippen molar-refractivity contribution in [1.29, 1.82) is 0 Å². The molecule has 8 heteroatoms. The van der Waals surface area contributed by atoms with Gasteiger partial charge in [0.2, 0.25) is 5.82 Å². The zero-order valence-corrected chi connectivity index (χ0v) is 10.9. The normalized spacial score (nSPS) is 12.1. The molecule has 100 valence electrons. The van der Waals surface area contributed by atoms with Crippen molar-refractivity contribution in [2.24, 2.45) is 0 Å². The highest BCUT2D eigenvalue weighted by Gasteiger charge is 2.17. The Hall–Kier alpha value is -2.15. The van der Waals surface area contributed by atoms with E-state index in [-0.39, 0.29) is 22.6 Å². The Balaban J connectivity index is 2.12. The minimum absolute atomic E-state index is 0.0402. The Kier molecular flexibility index (Phi) is 3.96. The van der Waals surface area contributed by atoms with E-state index in [1.165, 1.54) is 12.3 Å². The van der Waals surface area contributed by atoms with Gasteiger partial charge in [0.05, 0.1) is 16.3 Å². The first-order valence-electron chi connectivity index (χ1n) is 5.58. The van der Waals surface area contributed by atoms with E-state index in [0.29, 0.717) is 6.54 Å². The van der Waals surface area contributed by atoms with Crippen LogP contribution in [0.1, 0.15) is 6.92 Å². The molecule has 0 amide bonds. The molecule has 0 bridgehead atoms. The molecule has 0 aliphatic heterocycles. The maximum atomic E-state index is 10.9. The van der Waals surface area contributed by atoms with Crippen LogP contribution in [0.5, 0.6) is 0 Å². The first-order chi connectivity index (χ1) is 9.06. The van der Waals surface area contributed by atoms with Crippen LogP contribution in [0.25, 0.3) is 0 Å². The van der Waals surface area contributed by atoms with Gasteiger partial charge in [0.25, 0.3) is 0 Å². The van der Waals surface area contributed by atoms with Gasteiger partial charge in [0.15, 0.2) is 0 Å². The van der Waals surface area contributed by atoms with Crippen molar-refractivity contribution < 1.29 is 4.92 Å². The standard InChI is InChI=1S/C11H12ClN5O2/c1-8(6-16-3-2-13-7-16)15-11-10(17(18)19)4-9(12)5-14-11/h2-5,7-8H,6H2,1H3,(H,14,15). The lowest BCUT2D eigenvalue weighted by Gasteiger charge is -2.14. The van der Waals surface area contributed by atoms with Crippen LogP contribution in [0.15, 0.2) is 31.0 Å². The van der Waals surface area contributed by atoms with Crippen LogP contribution in [0, 0.1) is 10.1 Å². The minimum atomic E-state index is -0.509. The topological polar surface area (TPSA) is 85.9 Å². The van der Waals surface area contributed by atoms with E-state index in [1.807, 2.05) is 17.7 Å². The van der Waals surface area contributed by atoms with Crippen LogP contribution in [0.3, 0.4) is 0 Å². The summed E-state index contributed by atoms with van der Waals surface area (Å²) < 4.78 is 1.87. The van der Waals surface area contributed by atoms with Crippen molar-refractivity contribution in [3.05, 3.63) is 46.1 Å². The van der Waals surface area contributed by atoms with E-state index in [9.17, 15) is 10.1 Å². The quantitative estimate of drug-likeness (QED) is 0.671. The summed E-state index contributed by atoms with van der Waals surface area (Å²) in [6, 6.07) is 1.24. The van der Waals surface area contributed by atoms with Gasteiger partial charge in [-0.1, -0.05) is 11.6 Å². The molecule has 0 spiro atoms. The summed E-state index contributed by atoms with van der Waals surface area (Å²) in [6.45, 7) is 2.53. The van der Waals surface area contributed by atoms with Crippen molar-refractivity contribution in [3.63, 3.8) is 0 Å². The second kappa shape index (κ2) is 5.66. The molecule has 1 N–H and O–H groups in total. The van der Waals surface area contributed by atoms with Crippen molar-refractivity contribution in [2.75, 3.05) is 5.32 Å². The SMILES string of the molecule is CC(Cn1ccnc1)Nc1ncc(Cl)cc1[N+](=O)[O-]. The van der Waals surface area contributed by atoms with Gasteiger partial charge in [0.1, 0.15) is 0 Å². The summed E-state index contributed by atoms with van der Waals surface area (Å²) >= 11 is 5.71. The Morgan fingerprint density at radius 1 is 1.63 bits per heavy atom. The molecule has 2 heterocycles. The van der Waals surface area contributed by atoms with Crippen LogP contribution >= 0.6 is 11.6 Å². The van der Waals surface area contributed by atoms with Gasteiger partial charge in [-0.3, -0.25) is 10.1 Å². The number of aromatic nitrogens is 3.